The highest BCUT2D eigenvalue weighted by molar-refractivity contribution is 7.82. The molecule has 3 aromatic rings. The lowest BCUT2D eigenvalue weighted by molar-refractivity contribution is -0.306. The molecule has 0 bridgehead atoms. The van der Waals surface area contributed by atoms with Crippen LogP contribution >= 0.6 is 0 Å². The minimum absolute atomic E-state index is 0.520. The number of fused-ring (bicyclic) bond motifs is 1. The smallest absolute Gasteiger partial charge is 0.397 e. The average molecular weight is 1460 g/mol. The third-order valence-electron chi connectivity index (χ3n) is 10.2. The molecule has 55 heteroatoms. The van der Waals surface area contributed by atoms with Crippen molar-refractivity contribution in [3.63, 3.8) is 0 Å². The SMILES string of the molecule is C[C@@H]1O[C@@H](OC[C@@H]2O[C@H](Oc3c(-c4ccc(OCCOS(=O)(=O)O)c(OCCOS(=O)(=O)O)c4)oc4cc(OCCOS(=O)(=O)O)cc(O)c4c3=O)[C@@H](OS(=O)(=O)O)[C@H](OS(=O)(=O)O)[C@H]2OS(=O)(=O)O)[C@H](OS(=O)(=O)O)[C@H](OS(=O)(=O)O)[C@H]1OS(=O)(=O)O. The molecular formula is C33H42O46S9. The monoisotopic (exact) mass is 1460 g/mol. The lowest BCUT2D eigenvalue weighted by Gasteiger charge is -2.45. The van der Waals surface area contributed by atoms with Gasteiger partial charge in [0.1, 0.15) is 92.6 Å². The van der Waals surface area contributed by atoms with Gasteiger partial charge in [0.05, 0.1) is 12.7 Å². The van der Waals surface area contributed by atoms with Crippen LogP contribution in [0.25, 0.3) is 22.3 Å². The zero-order chi connectivity index (χ0) is 66.6. The Morgan fingerprint density at radius 1 is 0.455 bits per heavy atom. The number of hydrogen-bond donors (Lipinski definition) is 10. The molecule has 0 saturated carbocycles. The highest BCUT2D eigenvalue weighted by Gasteiger charge is 2.57. The van der Waals surface area contributed by atoms with Crippen LogP contribution in [0.15, 0.2) is 39.5 Å². The summed E-state index contributed by atoms with van der Waals surface area (Å²) in [7, 11) is -51.9. The topological polar surface area (TPSA) is 687 Å². The van der Waals surface area contributed by atoms with Crippen LogP contribution in [0.4, 0.5) is 0 Å². The quantitative estimate of drug-likeness (QED) is 0.0204. The lowest BCUT2D eigenvalue weighted by Crippen LogP contribution is -2.65. The molecule has 10 atom stereocenters. The number of benzene rings is 2. The van der Waals surface area contributed by atoms with Gasteiger partial charge in [0.15, 0.2) is 35.8 Å². The number of phenols is 1. The van der Waals surface area contributed by atoms with E-state index in [4.69, 9.17) is 51.2 Å². The van der Waals surface area contributed by atoms with E-state index in [0.29, 0.717) is 13.0 Å². The van der Waals surface area contributed by atoms with E-state index >= 15 is 0 Å². The van der Waals surface area contributed by atoms with Gasteiger partial charge in [0, 0.05) is 17.7 Å². The lowest BCUT2D eigenvalue weighted by atomic mass is 9.98. The van der Waals surface area contributed by atoms with E-state index in [1.165, 1.54) is 0 Å². The Labute approximate surface area is 494 Å². The third kappa shape index (κ3) is 24.2. The molecule has 0 aliphatic carbocycles. The van der Waals surface area contributed by atoms with Gasteiger partial charge in [-0.15, -0.1) is 0 Å². The predicted octanol–water partition coefficient (Wildman–Crippen LogP) is -4.25. The van der Waals surface area contributed by atoms with E-state index in [-0.39, 0.29) is 0 Å². The van der Waals surface area contributed by atoms with Gasteiger partial charge < -0.3 is 42.7 Å². The largest absolute Gasteiger partial charge is 0.507 e. The van der Waals surface area contributed by atoms with Crippen molar-refractivity contribution in [2.45, 2.75) is 68.3 Å². The second-order valence-corrected chi connectivity index (χ2v) is 26.1. The Morgan fingerprint density at radius 3 is 1.35 bits per heavy atom. The summed E-state index contributed by atoms with van der Waals surface area (Å²) in [4.78, 5) is 14.8. The first-order valence-corrected chi connectivity index (χ1v) is 34.5. The molecule has 1 aromatic heterocycles. The van der Waals surface area contributed by atoms with E-state index in [2.05, 4.69) is 37.6 Å². The second-order valence-electron chi connectivity index (χ2n) is 16.5. The maximum Gasteiger partial charge on any atom is 0.397 e. The Hall–Kier alpha value is -4.64. The Balaban J connectivity index is 1.79. The van der Waals surface area contributed by atoms with Gasteiger partial charge in [-0.25, -0.2) is 37.6 Å². The summed E-state index contributed by atoms with van der Waals surface area (Å²) < 4.78 is 382. The van der Waals surface area contributed by atoms with Gasteiger partial charge in [-0.3, -0.25) is 45.8 Å². The Bertz CT molecular complexity index is 4130. The molecule has 0 radical (unpaired) electrons. The molecule has 0 spiro atoms. The molecule has 2 aromatic carbocycles. The fourth-order valence-electron chi connectivity index (χ4n) is 7.44. The molecule has 88 heavy (non-hydrogen) atoms. The van der Waals surface area contributed by atoms with Crippen molar-refractivity contribution in [3.05, 3.63) is 40.6 Å². The van der Waals surface area contributed by atoms with Crippen LogP contribution in [-0.2, 0) is 145 Å². The minimum Gasteiger partial charge on any atom is -0.507 e. The average Bonchev–Trinajstić information content (AvgIpc) is 3.00. The van der Waals surface area contributed by atoms with Crippen molar-refractivity contribution in [1.82, 2.24) is 0 Å². The van der Waals surface area contributed by atoms with Crippen LogP contribution in [0.2, 0.25) is 0 Å². The number of rotatable bonds is 33. The number of hydrogen-bond acceptors (Lipinski definition) is 37. The maximum atomic E-state index is 14.8. The van der Waals surface area contributed by atoms with Crippen LogP contribution in [0.3, 0.4) is 0 Å². The van der Waals surface area contributed by atoms with Gasteiger partial charge >= 0.3 is 93.6 Å². The minimum atomic E-state index is -6.29. The van der Waals surface area contributed by atoms with Crippen LogP contribution in [0, 0.1) is 0 Å². The summed E-state index contributed by atoms with van der Waals surface area (Å²) in [6, 6.07) is 3.79. The first kappa shape index (κ1) is 74.1. The van der Waals surface area contributed by atoms with Gasteiger partial charge in [0.25, 0.3) is 0 Å². The standard InChI is InChI=1S/C33H42O46S9/c1-14-24(74-83(45,46)47)28(76-85(51,52)53)30(78-87(57,58)59)32(70-14)66-13-21-26(75-84(48,49)50)29(77-86(54,55)56)31(79-88(60,61)62)33(72-21)73-27-23(35)22-17(34)11-16(63-4-7-67-80(36,37)38)12-20(22)71-25(27)15-2-3-18(64-5-8-68-81(39,40)41)19(10-15)65-6-9-69-82(42,43)44/h2-3,10-12,14,21,24,26,28-34H,4-9,13H2,1H3,(H,36,37,38)(H,39,40,41)(H,42,43,44)(H,45,46,47)(H,48,49,50)(H,51,52,53)(H,54,55,56)(H,57,58,59)(H,60,61,62)/t14-,21-,24-,26-,28+,29+,30+,31-,32+,33+/m0/s1. The van der Waals surface area contributed by atoms with Crippen LogP contribution in [0.1, 0.15) is 6.92 Å². The molecule has 2 aliphatic rings. The Kier molecular flexibility index (Phi) is 24.0. The van der Waals surface area contributed by atoms with Crippen molar-refractivity contribution >= 4 is 105 Å². The fraction of sp³-hybridized carbons (Fsp3) is 0.545. The van der Waals surface area contributed by atoms with Gasteiger partial charge in [-0.1, -0.05) is 0 Å². The van der Waals surface area contributed by atoms with E-state index in [1.807, 2.05) is 0 Å². The molecule has 10 N–H and O–H groups in total. The summed E-state index contributed by atoms with van der Waals surface area (Å²) in [6.45, 7) is -6.52. The molecule has 2 fully saturated rings. The van der Waals surface area contributed by atoms with Crippen LogP contribution < -0.4 is 24.4 Å². The molecule has 0 unspecified atom stereocenters. The highest BCUT2D eigenvalue weighted by atomic mass is 32.3. The van der Waals surface area contributed by atoms with E-state index < -0.39 is 258 Å². The summed E-state index contributed by atoms with van der Waals surface area (Å²) in [5.41, 5.74) is -3.24. The van der Waals surface area contributed by atoms with Gasteiger partial charge in [0.2, 0.25) is 17.5 Å². The van der Waals surface area contributed by atoms with Crippen molar-refractivity contribution < 1.29 is 197 Å². The van der Waals surface area contributed by atoms with E-state index in [0.717, 1.165) is 24.3 Å². The summed E-state index contributed by atoms with van der Waals surface area (Å²) in [6.07, 6.45) is -29.8. The van der Waals surface area contributed by atoms with Crippen molar-refractivity contribution in [1.29, 1.82) is 0 Å². The summed E-state index contributed by atoms with van der Waals surface area (Å²) in [5, 5.41) is 10.2. The van der Waals surface area contributed by atoms with Crippen LogP contribution in [0.5, 0.6) is 28.7 Å². The van der Waals surface area contributed by atoms with E-state index in [9.17, 15) is 113 Å². The predicted molar refractivity (Wildman–Crippen MR) is 267 cm³/mol. The van der Waals surface area contributed by atoms with Crippen molar-refractivity contribution in [3.8, 4) is 40.1 Å². The van der Waals surface area contributed by atoms with Crippen LogP contribution in [-0.4, -0.2) is 230 Å². The van der Waals surface area contributed by atoms with Crippen molar-refractivity contribution in [2.75, 3.05) is 46.2 Å². The molecule has 46 nitrogen and oxygen atoms in total. The van der Waals surface area contributed by atoms with E-state index in [1.54, 1.807) is 0 Å². The first-order valence-electron chi connectivity index (χ1n) is 22.2. The second kappa shape index (κ2) is 28.5. The fourth-order valence-corrected chi connectivity index (χ4v) is 11.3. The maximum absolute atomic E-state index is 14.8. The molecule has 2 saturated heterocycles. The molecule has 504 valence electrons. The molecule has 0 amide bonds. The Morgan fingerprint density at radius 2 is 0.875 bits per heavy atom. The van der Waals surface area contributed by atoms with Crippen molar-refractivity contribution in [2.24, 2.45) is 0 Å². The van der Waals surface area contributed by atoms with Gasteiger partial charge in [-0.2, -0.15) is 75.8 Å². The zero-order valence-corrected chi connectivity index (χ0v) is 49.8. The number of aromatic hydroxyl groups is 1. The normalized spacial score (nSPS) is 23.8. The third-order valence-corrected chi connectivity index (χ3v) is 14.4. The molecule has 2 aliphatic heterocycles. The number of ether oxygens (including phenoxy) is 7. The summed E-state index contributed by atoms with van der Waals surface area (Å²) >= 11 is 0. The zero-order valence-electron chi connectivity index (χ0n) is 42.5. The highest BCUT2D eigenvalue weighted by Crippen LogP contribution is 2.42. The molecule has 3 heterocycles. The number of phenolic OH excluding ortho intramolecular Hbond substituents is 1. The summed E-state index contributed by atoms with van der Waals surface area (Å²) in [5.74, 6) is -5.60. The first-order chi connectivity index (χ1) is 39.9. The molecular weight excluding hydrogens is 1420 g/mol. The van der Waals surface area contributed by atoms with Gasteiger partial charge in [-0.05, 0) is 25.1 Å². The molecule has 5 rings (SSSR count).